The van der Waals surface area contributed by atoms with Gasteiger partial charge in [-0.2, -0.15) is 0 Å². The van der Waals surface area contributed by atoms with Crippen LogP contribution in [0.25, 0.3) is 0 Å². The van der Waals surface area contributed by atoms with Crippen LogP contribution in [-0.2, 0) is 4.79 Å². The van der Waals surface area contributed by atoms with Crippen molar-refractivity contribution in [2.45, 2.75) is 12.8 Å². The third-order valence-electron chi connectivity index (χ3n) is 1.87. The number of carbonyl (C=O) groups is 1. The highest BCUT2D eigenvalue weighted by Gasteiger charge is 2.13. The maximum Gasteiger partial charge on any atom is 0.135 e. The number of ketones is 1. The van der Waals surface area contributed by atoms with Gasteiger partial charge in [-0.15, -0.1) is 0 Å². The van der Waals surface area contributed by atoms with Crippen molar-refractivity contribution in [2.24, 2.45) is 0 Å². The lowest BCUT2D eigenvalue weighted by Crippen LogP contribution is -2.33. The molecule has 0 aromatic carbocycles. The molecule has 1 fully saturated rings. The monoisotopic (exact) mass is 173 g/mol. The Morgan fingerprint density at radius 3 is 2.64 bits per heavy atom. The summed E-state index contributed by atoms with van der Waals surface area (Å²) in [6.07, 6.45) is 3.31. The van der Waals surface area contributed by atoms with E-state index in [1.54, 1.807) is 0 Å². The summed E-state index contributed by atoms with van der Waals surface area (Å²) in [4.78, 5) is 13.0. The molecule has 0 saturated carbocycles. The second-order valence-corrected chi connectivity index (χ2v) is 2.95. The van der Waals surface area contributed by atoms with Gasteiger partial charge in [-0.3, -0.25) is 9.69 Å². The van der Waals surface area contributed by atoms with Crippen LogP contribution in [0.5, 0.6) is 0 Å². The third-order valence-corrected chi connectivity index (χ3v) is 2.04. The molecule has 0 atom stereocenters. The summed E-state index contributed by atoms with van der Waals surface area (Å²) in [5.41, 5.74) is 1.52. The highest BCUT2D eigenvalue weighted by Crippen LogP contribution is 2.04. The quantitative estimate of drug-likeness (QED) is 0.630. The zero-order chi connectivity index (χ0) is 8.10. The lowest BCUT2D eigenvalue weighted by molar-refractivity contribution is -0.121. The zero-order valence-electron chi connectivity index (χ0n) is 6.42. The number of hydrogen-bond donors (Lipinski definition) is 0. The van der Waals surface area contributed by atoms with Crippen LogP contribution >= 0.6 is 11.6 Å². The SMILES string of the molecule is O=C1CCN(C/C=C/Cl)CC1. The van der Waals surface area contributed by atoms with E-state index in [1.165, 1.54) is 5.54 Å². The average molecular weight is 174 g/mol. The maximum absolute atomic E-state index is 10.8. The molecule has 0 aliphatic carbocycles. The van der Waals surface area contributed by atoms with Crippen LogP contribution in [0.15, 0.2) is 11.6 Å². The first-order chi connectivity index (χ1) is 5.33. The Morgan fingerprint density at radius 1 is 1.45 bits per heavy atom. The second kappa shape index (κ2) is 4.52. The Kier molecular flexibility index (Phi) is 3.60. The lowest BCUT2D eigenvalue weighted by atomic mass is 10.1. The van der Waals surface area contributed by atoms with Crippen molar-refractivity contribution in [3.05, 3.63) is 11.6 Å². The fraction of sp³-hybridized carbons (Fsp3) is 0.625. The van der Waals surface area contributed by atoms with Crippen LogP contribution < -0.4 is 0 Å². The van der Waals surface area contributed by atoms with Crippen LogP contribution in [0.4, 0.5) is 0 Å². The molecule has 11 heavy (non-hydrogen) atoms. The number of likely N-dealkylation sites (tertiary alicyclic amines) is 1. The van der Waals surface area contributed by atoms with Gasteiger partial charge in [-0.05, 0) is 0 Å². The summed E-state index contributed by atoms with van der Waals surface area (Å²) < 4.78 is 0. The molecule has 0 spiro atoms. The topological polar surface area (TPSA) is 20.3 Å². The Bertz CT molecular complexity index is 157. The largest absolute Gasteiger partial charge is 0.300 e. The molecule has 0 unspecified atom stereocenters. The number of hydrogen-bond acceptors (Lipinski definition) is 2. The van der Waals surface area contributed by atoms with Gasteiger partial charge in [0.15, 0.2) is 0 Å². The summed E-state index contributed by atoms with van der Waals surface area (Å²) in [7, 11) is 0. The number of halogens is 1. The van der Waals surface area contributed by atoms with E-state index >= 15 is 0 Å². The van der Waals surface area contributed by atoms with Crippen LogP contribution in [0.2, 0.25) is 0 Å². The van der Waals surface area contributed by atoms with E-state index in [0.717, 1.165) is 19.6 Å². The van der Waals surface area contributed by atoms with Crippen molar-refractivity contribution in [2.75, 3.05) is 19.6 Å². The molecule has 62 valence electrons. The summed E-state index contributed by atoms with van der Waals surface area (Å²) in [5, 5.41) is 0. The Hall–Kier alpha value is -0.340. The smallest absolute Gasteiger partial charge is 0.135 e. The van der Waals surface area contributed by atoms with Crippen molar-refractivity contribution < 1.29 is 4.79 Å². The predicted octanol–water partition coefficient (Wildman–Crippen LogP) is 1.40. The van der Waals surface area contributed by atoms with Gasteiger partial charge in [0.1, 0.15) is 5.78 Å². The minimum Gasteiger partial charge on any atom is -0.300 e. The number of carbonyl (C=O) groups excluding carboxylic acids is 1. The molecule has 0 amide bonds. The molecule has 3 heteroatoms. The Morgan fingerprint density at radius 2 is 2.09 bits per heavy atom. The van der Waals surface area contributed by atoms with E-state index in [4.69, 9.17) is 11.6 Å². The fourth-order valence-corrected chi connectivity index (χ4v) is 1.25. The molecule has 2 nitrogen and oxygen atoms in total. The summed E-state index contributed by atoms with van der Waals surface area (Å²) >= 11 is 5.38. The summed E-state index contributed by atoms with van der Waals surface area (Å²) in [5.74, 6) is 0.385. The molecular weight excluding hydrogens is 162 g/mol. The minimum absolute atomic E-state index is 0.385. The van der Waals surface area contributed by atoms with Gasteiger partial charge in [-0.25, -0.2) is 0 Å². The van der Waals surface area contributed by atoms with Gasteiger partial charge in [0.05, 0.1) is 0 Å². The van der Waals surface area contributed by atoms with E-state index in [0.29, 0.717) is 18.6 Å². The molecular formula is C8H12ClNO. The molecule has 0 aromatic rings. The second-order valence-electron chi connectivity index (χ2n) is 2.70. The number of rotatable bonds is 2. The molecule has 1 aliphatic rings. The van der Waals surface area contributed by atoms with Crippen LogP contribution in [0.1, 0.15) is 12.8 Å². The molecule has 1 rings (SSSR count). The van der Waals surface area contributed by atoms with E-state index in [1.807, 2.05) is 6.08 Å². The molecule has 1 saturated heterocycles. The van der Waals surface area contributed by atoms with Crippen molar-refractivity contribution in [1.29, 1.82) is 0 Å². The lowest BCUT2D eigenvalue weighted by Gasteiger charge is -2.23. The van der Waals surface area contributed by atoms with Gasteiger partial charge in [0.25, 0.3) is 0 Å². The molecule has 1 aliphatic heterocycles. The van der Waals surface area contributed by atoms with E-state index in [2.05, 4.69) is 4.90 Å². The van der Waals surface area contributed by atoms with Crippen LogP contribution in [0, 0.1) is 0 Å². The van der Waals surface area contributed by atoms with Crippen molar-refractivity contribution >= 4 is 17.4 Å². The molecule has 1 heterocycles. The standard InChI is InChI=1S/C8H12ClNO/c9-4-1-5-10-6-2-8(11)3-7-10/h1,4H,2-3,5-7H2/b4-1+. The van der Waals surface area contributed by atoms with Crippen molar-refractivity contribution in [1.82, 2.24) is 4.90 Å². The van der Waals surface area contributed by atoms with E-state index in [9.17, 15) is 4.79 Å². The average Bonchev–Trinajstić information content (AvgIpc) is 2.04. The Balaban J connectivity index is 2.22. The van der Waals surface area contributed by atoms with E-state index < -0.39 is 0 Å². The van der Waals surface area contributed by atoms with Crippen molar-refractivity contribution in [3.63, 3.8) is 0 Å². The molecule has 0 radical (unpaired) electrons. The number of piperidine rings is 1. The third kappa shape index (κ3) is 3.04. The number of nitrogens with zero attached hydrogens (tertiary/aromatic N) is 1. The van der Waals surface area contributed by atoms with Gasteiger partial charge in [0, 0.05) is 38.0 Å². The van der Waals surface area contributed by atoms with Crippen molar-refractivity contribution in [3.8, 4) is 0 Å². The van der Waals surface area contributed by atoms with E-state index in [-0.39, 0.29) is 0 Å². The van der Waals surface area contributed by atoms with Gasteiger partial charge >= 0.3 is 0 Å². The summed E-state index contributed by atoms with van der Waals surface area (Å²) in [6.45, 7) is 2.65. The zero-order valence-corrected chi connectivity index (χ0v) is 7.18. The summed E-state index contributed by atoms with van der Waals surface area (Å²) in [6, 6.07) is 0. The van der Waals surface area contributed by atoms with Gasteiger partial charge in [-0.1, -0.05) is 17.7 Å². The first-order valence-corrected chi connectivity index (χ1v) is 4.26. The first-order valence-electron chi connectivity index (χ1n) is 3.82. The Labute approximate surface area is 71.8 Å². The maximum atomic E-state index is 10.8. The normalized spacial score (nSPS) is 21.4. The highest BCUT2D eigenvalue weighted by atomic mass is 35.5. The molecule has 0 bridgehead atoms. The van der Waals surface area contributed by atoms with Crippen LogP contribution in [-0.4, -0.2) is 30.3 Å². The van der Waals surface area contributed by atoms with Gasteiger partial charge in [0.2, 0.25) is 0 Å². The first kappa shape index (κ1) is 8.75. The van der Waals surface area contributed by atoms with Gasteiger partial charge < -0.3 is 0 Å². The minimum atomic E-state index is 0.385. The molecule has 0 aromatic heterocycles. The van der Waals surface area contributed by atoms with Crippen LogP contribution in [0.3, 0.4) is 0 Å². The predicted molar refractivity (Wildman–Crippen MR) is 45.7 cm³/mol. The number of Topliss-reactive ketones (excluding diaryl/α,β-unsaturated/α-hetero) is 1. The molecule has 0 N–H and O–H groups in total. The fourth-order valence-electron chi connectivity index (χ4n) is 1.17. The highest BCUT2D eigenvalue weighted by molar-refractivity contribution is 6.25.